The molecule has 0 spiro atoms. The lowest BCUT2D eigenvalue weighted by Crippen LogP contribution is -2.12. The molecular formula is C12H22N2S. The average molecular weight is 226 g/mol. The third-order valence-corrected chi connectivity index (χ3v) is 3.48. The summed E-state index contributed by atoms with van der Waals surface area (Å²) in [4.78, 5) is 4.67. The van der Waals surface area contributed by atoms with Crippen LogP contribution in [0, 0.1) is 5.92 Å². The molecule has 2 nitrogen and oxygen atoms in total. The summed E-state index contributed by atoms with van der Waals surface area (Å²) < 4.78 is 0. The minimum absolute atomic E-state index is 0.175. The van der Waals surface area contributed by atoms with Crippen molar-refractivity contribution in [3.8, 4) is 0 Å². The summed E-state index contributed by atoms with van der Waals surface area (Å²) in [5, 5.41) is 3.43. The first-order chi connectivity index (χ1) is 6.93. The number of aromatic nitrogens is 1. The van der Waals surface area contributed by atoms with E-state index in [0.717, 1.165) is 19.4 Å². The number of nitrogens with zero attached hydrogens (tertiary/aromatic N) is 1. The summed E-state index contributed by atoms with van der Waals surface area (Å²) in [5.41, 5.74) is 6.98. The van der Waals surface area contributed by atoms with E-state index in [9.17, 15) is 0 Å². The van der Waals surface area contributed by atoms with E-state index >= 15 is 0 Å². The Hall–Kier alpha value is -0.410. The van der Waals surface area contributed by atoms with Crippen LogP contribution in [0.1, 0.15) is 44.8 Å². The van der Waals surface area contributed by atoms with E-state index in [1.165, 1.54) is 10.7 Å². The minimum atomic E-state index is 0.175. The molecule has 0 saturated heterocycles. The van der Waals surface area contributed by atoms with Crippen LogP contribution >= 0.6 is 11.3 Å². The van der Waals surface area contributed by atoms with Crippen LogP contribution in [0.4, 0.5) is 0 Å². The highest BCUT2D eigenvalue weighted by Gasteiger charge is 2.17. The molecule has 0 fully saturated rings. The lowest BCUT2D eigenvalue weighted by molar-refractivity contribution is 0.538. The van der Waals surface area contributed by atoms with E-state index in [2.05, 4.69) is 38.1 Å². The zero-order valence-electron chi connectivity index (χ0n) is 10.2. The molecule has 1 heterocycles. The van der Waals surface area contributed by atoms with Crippen molar-refractivity contribution >= 4 is 11.3 Å². The van der Waals surface area contributed by atoms with Crippen LogP contribution in [0.3, 0.4) is 0 Å². The molecule has 0 saturated carbocycles. The van der Waals surface area contributed by atoms with Crippen molar-refractivity contribution in [3.05, 3.63) is 16.1 Å². The van der Waals surface area contributed by atoms with E-state index in [1.807, 2.05) is 0 Å². The van der Waals surface area contributed by atoms with E-state index in [1.54, 1.807) is 11.3 Å². The lowest BCUT2D eigenvalue weighted by atomic mass is 9.93. The molecule has 0 bridgehead atoms. The van der Waals surface area contributed by atoms with Gasteiger partial charge in [-0.25, -0.2) is 4.98 Å². The SMILES string of the molecule is CC(CN)CCc1nc(C(C)(C)C)cs1. The van der Waals surface area contributed by atoms with Crippen LogP contribution in [-0.2, 0) is 11.8 Å². The third-order valence-electron chi connectivity index (χ3n) is 2.57. The number of thiazole rings is 1. The van der Waals surface area contributed by atoms with Crippen molar-refractivity contribution in [1.82, 2.24) is 4.98 Å². The molecular weight excluding hydrogens is 204 g/mol. The number of hydrogen-bond donors (Lipinski definition) is 1. The smallest absolute Gasteiger partial charge is 0.0928 e. The molecule has 2 N–H and O–H groups in total. The maximum atomic E-state index is 5.59. The van der Waals surface area contributed by atoms with E-state index in [-0.39, 0.29) is 5.41 Å². The van der Waals surface area contributed by atoms with Crippen molar-refractivity contribution in [2.24, 2.45) is 11.7 Å². The predicted octanol–water partition coefficient (Wildman–Crippen LogP) is 2.97. The van der Waals surface area contributed by atoms with Gasteiger partial charge in [-0.3, -0.25) is 0 Å². The maximum absolute atomic E-state index is 5.59. The van der Waals surface area contributed by atoms with E-state index in [0.29, 0.717) is 5.92 Å². The van der Waals surface area contributed by atoms with E-state index < -0.39 is 0 Å². The Morgan fingerprint density at radius 1 is 1.47 bits per heavy atom. The van der Waals surface area contributed by atoms with Gasteiger partial charge in [-0.05, 0) is 25.3 Å². The highest BCUT2D eigenvalue weighted by molar-refractivity contribution is 7.09. The van der Waals surface area contributed by atoms with Gasteiger partial charge in [-0.15, -0.1) is 11.3 Å². The van der Waals surface area contributed by atoms with Crippen LogP contribution < -0.4 is 5.73 Å². The largest absolute Gasteiger partial charge is 0.330 e. The van der Waals surface area contributed by atoms with Gasteiger partial charge in [0, 0.05) is 10.8 Å². The summed E-state index contributed by atoms with van der Waals surface area (Å²) >= 11 is 1.78. The predicted molar refractivity (Wildman–Crippen MR) is 67.4 cm³/mol. The Bertz CT molecular complexity index is 299. The van der Waals surface area contributed by atoms with Crippen LogP contribution in [0.15, 0.2) is 5.38 Å². The first-order valence-electron chi connectivity index (χ1n) is 5.58. The first-order valence-corrected chi connectivity index (χ1v) is 6.46. The number of nitrogens with two attached hydrogens (primary N) is 1. The van der Waals surface area contributed by atoms with Gasteiger partial charge < -0.3 is 5.73 Å². The minimum Gasteiger partial charge on any atom is -0.330 e. The Balaban J connectivity index is 2.54. The molecule has 0 aromatic carbocycles. The maximum Gasteiger partial charge on any atom is 0.0928 e. The second-order valence-electron chi connectivity index (χ2n) is 5.26. The van der Waals surface area contributed by atoms with Gasteiger partial charge in [0.25, 0.3) is 0 Å². The van der Waals surface area contributed by atoms with Crippen LogP contribution in [0.5, 0.6) is 0 Å². The molecule has 0 aliphatic rings. The van der Waals surface area contributed by atoms with Gasteiger partial charge in [0.2, 0.25) is 0 Å². The fourth-order valence-electron chi connectivity index (χ4n) is 1.26. The van der Waals surface area contributed by atoms with Gasteiger partial charge in [-0.1, -0.05) is 27.7 Å². The Kier molecular flexibility index (Phi) is 4.29. The molecule has 0 aliphatic heterocycles. The summed E-state index contributed by atoms with van der Waals surface area (Å²) in [6, 6.07) is 0. The highest BCUT2D eigenvalue weighted by atomic mass is 32.1. The van der Waals surface area contributed by atoms with Gasteiger partial charge in [-0.2, -0.15) is 0 Å². The average Bonchev–Trinajstić information content (AvgIpc) is 2.61. The standard InChI is InChI=1S/C12H22N2S/c1-9(7-13)5-6-11-14-10(8-15-11)12(2,3)4/h8-9H,5-7,13H2,1-4H3. The van der Waals surface area contributed by atoms with Crippen LogP contribution in [0.2, 0.25) is 0 Å². The van der Waals surface area contributed by atoms with Crippen molar-refractivity contribution in [2.75, 3.05) is 6.54 Å². The topological polar surface area (TPSA) is 38.9 Å². The van der Waals surface area contributed by atoms with Gasteiger partial charge in [0.15, 0.2) is 0 Å². The molecule has 1 aromatic heterocycles. The van der Waals surface area contributed by atoms with Gasteiger partial charge in [0.1, 0.15) is 0 Å². The molecule has 1 rings (SSSR count). The Morgan fingerprint density at radius 3 is 2.60 bits per heavy atom. The highest BCUT2D eigenvalue weighted by Crippen LogP contribution is 2.24. The van der Waals surface area contributed by atoms with Crippen molar-refractivity contribution in [2.45, 2.75) is 46.0 Å². The van der Waals surface area contributed by atoms with Crippen molar-refractivity contribution in [3.63, 3.8) is 0 Å². The van der Waals surface area contributed by atoms with Gasteiger partial charge in [0.05, 0.1) is 10.7 Å². The molecule has 1 aromatic rings. The fourth-order valence-corrected chi connectivity index (χ4v) is 2.30. The second-order valence-corrected chi connectivity index (χ2v) is 6.20. The van der Waals surface area contributed by atoms with Gasteiger partial charge >= 0.3 is 0 Å². The number of hydrogen-bond acceptors (Lipinski definition) is 3. The summed E-state index contributed by atoms with van der Waals surface area (Å²) in [6.45, 7) is 9.58. The Labute approximate surface area is 96.9 Å². The molecule has 0 aliphatic carbocycles. The molecule has 0 amide bonds. The normalized spacial score (nSPS) is 14.2. The molecule has 1 unspecified atom stereocenters. The number of aryl methyl sites for hydroxylation is 1. The molecule has 0 radical (unpaired) electrons. The number of rotatable bonds is 4. The van der Waals surface area contributed by atoms with Crippen molar-refractivity contribution in [1.29, 1.82) is 0 Å². The fraction of sp³-hybridized carbons (Fsp3) is 0.750. The summed E-state index contributed by atoms with van der Waals surface area (Å²) in [7, 11) is 0. The van der Waals surface area contributed by atoms with Crippen molar-refractivity contribution < 1.29 is 0 Å². The third kappa shape index (κ3) is 3.92. The van der Waals surface area contributed by atoms with E-state index in [4.69, 9.17) is 5.73 Å². The summed E-state index contributed by atoms with van der Waals surface area (Å²) in [5.74, 6) is 0.604. The Morgan fingerprint density at radius 2 is 2.13 bits per heavy atom. The first kappa shape index (κ1) is 12.7. The molecule has 15 heavy (non-hydrogen) atoms. The molecule has 1 atom stereocenters. The van der Waals surface area contributed by atoms with Crippen LogP contribution in [0.25, 0.3) is 0 Å². The quantitative estimate of drug-likeness (QED) is 0.857. The molecule has 3 heteroatoms. The second kappa shape index (κ2) is 5.08. The lowest BCUT2D eigenvalue weighted by Gasteiger charge is -2.14. The summed E-state index contributed by atoms with van der Waals surface area (Å²) in [6.07, 6.45) is 2.21. The monoisotopic (exact) mass is 226 g/mol. The zero-order valence-corrected chi connectivity index (χ0v) is 11.0. The molecule has 86 valence electrons. The van der Waals surface area contributed by atoms with Crippen LogP contribution in [-0.4, -0.2) is 11.5 Å². The zero-order chi connectivity index (χ0) is 11.5.